The Kier molecular flexibility index (Phi) is 6.41. The van der Waals surface area contributed by atoms with Crippen molar-refractivity contribution in [3.8, 4) is 11.1 Å². The summed E-state index contributed by atoms with van der Waals surface area (Å²) in [6.45, 7) is 2.87. The van der Waals surface area contributed by atoms with Crippen molar-refractivity contribution in [2.45, 2.75) is 38.0 Å². The predicted octanol–water partition coefficient (Wildman–Crippen LogP) is 2.96. The van der Waals surface area contributed by atoms with Crippen LogP contribution in [0.25, 0.3) is 11.1 Å². The lowest BCUT2D eigenvalue weighted by molar-refractivity contribution is -0.155. The van der Waals surface area contributed by atoms with Crippen LogP contribution in [-0.4, -0.2) is 60.0 Å². The van der Waals surface area contributed by atoms with Crippen LogP contribution in [0.4, 0.5) is 4.79 Å². The minimum atomic E-state index is -1.38. The van der Waals surface area contributed by atoms with Crippen molar-refractivity contribution in [3.05, 3.63) is 59.7 Å². The number of nitrogens with one attached hydrogen (secondary N) is 1. The van der Waals surface area contributed by atoms with Crippen molar-refractivity contribution in [2.75, 3.05) is 19.8 Å². The van der Waals surface area contributed by atoms with Gasteiger partial charge in [-0.1, -0.05) is 48.5 Å². The number of hydrogen-bond donors (Lipinski definition) is 2. The minimum Gasteiger partial charge on any atom is -0.480 e. The smallest absolute Gasteiger partial charge is 0.407 e. The number of benzene rings is 2. The van der Waals surface area contributed by atoms with Gasteiger partial charge in [0, 0.05) is 12.5 Å². The fourth-order valence-corrected chi connectivity index (χ4v) is 4.36. The summed E-state index contributed by atoms with van der Waals surface area (Å²) in [6, 6.07) is 14.5. The highest BCUT2D eigenvalue weighted by Crippen LogP contribution is 2.44. The first-order valence-corrected chi connectivity index (χ1v) is 10.7. The van der Waals surface area contributed by atoms with E-state index in [1.54, 1.807) is 6.92 Å². The molecule has 0 spiro atoms. The molecule has 2 amide bonds. The summed E-state index contributed by atoms with van der Waals surface area (Å²) in [7, 11) is 0. The third-order valence-corrected chi connectivity index (χ3v) is 5.97. The molecular weight excluding hydrogens is 412 g/mol. The molecule has 1 aliphatic heterocycles. The molecule has 1 heterocycles. The van der Waals surface area contributed by atoms with Crippen molar-refractivity contribution in [1.29, 1.82) is 0 Å². The van der Waals surface area contributed by atoms with E-state index in [0.29, 0.717) is 19.6 Å². The monoisotopic (exact) mass is 438 g/mol. The summed E-state index contributed by atoms with van der Waals surface area (Å²) < 4.78 is 10.8. The van der Waals surface area contributed by atoms with Crippen molar-refractivity contribution in [1.82, 2.24) is 10.2 Å². The summed E-state index contributed by atoms with van der Waals surface area (Å²) in [5.74, 6) is -1.81. The Morgan fingerprint density at radius 3 is 2.34 bits per heavy atom. The number of aliphatic carboxylic acids is 1. The first kappa shape index (κ1) is 21.8. The van der Waals surface area contributed by atoms with E-state index >= 15 is 0 Å². The molecule has 2 N–H and O–H groups in total. The molecule has 0 aromatic heterocycles. The molecule has 2 aromatic carbocycles. The number of amides is 2. The van der Waals surface area contributed by atoms with E-state index in [0.717, 1.165) is 22.3 Å². The van der Waals surface area contributed by atoms with Gasteiger partial charge in [-0.05, 0) is 35.6 Å². The SMILES string of the molecule is CC1OCCCN1C(=O)CC(NC(=O)OCC1c2ccccc2-c2ccccc21)C(=O)O. The summed E-state index contributed by atoms with van der Waals surface area (Å²) >= 11 is 0. The maximum Gasteiger partial charge on any atom is 0.407 e. The fraction of sp³-hybridized carbons (Fsp3) is 0.375. The van der Waals surface area contributed by atoms with Crippen LogP contribution in [0.1, 0.15) is 36.8 Å². The molecule has 32 heavy (non-hydrogen) atoms. The standard InChI is InChI=1S/C24H26N2O6/c1-15-26(11-6-12-31-15)22(27)13-21(23(28)29)25-24(30)32-14-20-18-9-4-2-7-16(18)17-8-3-5-10-19(17)20/h2-5,7-10,15,20-21H,6,11-14H2,1H3,(H,25,30)(H,28,29). The first-order valence-electron chi connectivity index (χ1n) is 10.7. The molecule has 1 saturated heterocycles. The Labute approximate surface area is 186 Å². The number of fused-ring (bicyclic) bond motifs is 3. The van der Waals surface area contributed by atoms with Gasteiger partial charge >= 0.3 is 12.1 Å². The lowest BCUT2D eigenvalue weighted by atomic mass is 9.98. The molecule has 168 valence electrons. The van der Waals surface area contributed by atoms with E-state index in [-0.39, 0.29) is 24.9 Å². The third kappa shape index (κ3) is 4.45. The van der Waals surface area contributed by atoms with Crippen LogP contribution in [-0.2, 0) is 19.1 Å². The molecule has 2 unspecified atom stereocenters. The van der Waals surface area contributed by atoms with Crippen LogP contribution in [0.3, 0.4) is 0 Å². The molecule has 0 bridgehead atoms. The molecule has 2 aromatic rings. The molecule has 0 saturated carbocycles. The maximum atomic E-state index is 12.5. The van der Waals surface area contributed by atoms with E-state index < -0.39 is 24.3 Å². The highest BCUT2D eigenvalue weighted by atomic mass is 16.5. The second-order valence-electron chi connectivity index (χ2n) is 7.98. The number of nitrogens with zero attached hydrogens (tertiary/aromatic N) is 1. The Balaban J connectivity index is 1.38. The number of carboxylic acids is 1. The number of carbonyl (C=O) groups is 3. The van der Waals surface area contributed by atoms with Gasteiger partial charge in [-0.15, -0.1) is 0 Å². The largest absolute Gasteiger partial charge is 0.480 e. The molecule has 4 rings (SSSR count). The zero-order valence-electron chi connectivity index (χ0n) is 17.8. The number of ether oxygens (including phenoxy) is 2. The maximum absolute atomic E-state index is 12.5. The zero-order chi connectivity index (χ0) is 22.7. The van der Waals surface area contributed by atoms with E-state index in [1.807, 2.05) is 48.5 Å². The third-order valence-electron chi connectivity index (χ3n) is 5.97. The van der Waals surface area contributed by atoms with Crippen LogP contribution < -0.4 is 5.32 Å². The summed E-state index contributed by atoms with van der Waals surface area (Å²) in [5, 5.41) is 11.8. The van der Waals surface area contributed by atoms with Gasteiger partial charge in [-0.25, -0.2) is 9.59 Å². The average molecular weight is 438 g/mol. The van der Waals surface area contributed by atoms with Crippen molar-refractivity contribution >= 4 is 18.0 Å². The second kappa shape index (κ2) is 9.40. The highest BCUT2D eigenvalue weighted by Gasteiger charge is 2.32. The van der Waals surface area contributed by atoms with Gasteiger partial charge in [0.15, 0.2) is 0 Å². The van der Waals surface area contributed by atoms with Crippen molar-refractivity contribution in [3.63, 3.8) is 0 Å². The van der Waals surface area contributed by atoms with Crippen LogP contribution in [0.2, 0.25) is 0 Å². The van der Waals surface area contributed by atoms with Crippen LogP contribution >= 0.6 is 0 Å². The Hall–Kier alpha value is -3.39. The molecule has 2 atom stereocenters. The van der Waals surface area contributed by atoms with Crippen LogP contribution in [0, 0.1) is 0 Å². The topological polar surface area (TPSA) is 105 Å². The Morgan fingerprint density at radius 1 is 1.12 bits per heavy atom. The van der Waals surface area contributed by atoms with Gasteiger partial charge in [0.25, 0.3) is 0 Å². The molecule has 8 heteroatoms. The van der Waals surface area contributed by atoms with E-state index in [1.165, 1.54) is 4.90 Å². The predicted molar refractivity (Wildman–Crippen MR) is 116 cm³/mol. The van der Waals surface area contributed by atoms with Gasteiger partial charge in [0.2, 0.25) is 5.91 Å². The lowest BCUT2D eigenvalue weighted by Gasteiger charge is -2.34. The van der Waals surface area contributed by atoms with E-state index in [2.05, 4.69) is 5.32 Å². The first-order chi connectivity index (χ1) is 15.5. The van der Waals surface area contributed by atoms with Gasteiger partial charge in [0.1, 0.15) is 18.9 Å². The molecule has 1 aliphatic carbocycles. The molecule has 1 fully saturated rings. The van der Waals surface area contributed by atoms with Gasteiger partial charge < -0.3 is 24.8 Å². The fourth-order valence-electron chi connectivity index (χ4n) is 4.36. The normalized spacial score (nSPS) is 18.4. The second-order valence-corrected chi connectivity index (χ2v) is 7.98. The van der Waals surface area contributed by atoms with Crippen molar-refractivity contribution in [2.24, 2.45) is 0 Å². The summed E-state index contributed by atoms with van der Waals surface area (Å²) in [5.41, 5.74) is 4.32. The Bertz CT molecular complexity index is 978. The minimum absolute atomic E-state index is 0.0666. The lowest BCUT2D eigenvalue weighted by Crippen LogP contribution is -2.49. The van der Waals surface area contributed by atoms with E-state index in [4.69, 9.17) is 9.47 Å². The summed E-state index contributed by atoms with van der Waals surface area (Å²) in [6.07, 6.45) is -0.962. The molecular formula is C24H26N2O6. The number of hydrogen-bond acceptors (Lipinski definition) is 5. The number of rotatable bonds is 6. The Morgan fingerprint density at radius 2 is 1.75 bits per heavy atom. The van der Waals surface area contributed by atoms with E-state index in [9.17, 15) is 19.5 Å². The van der Waals surface area contributed by atoms with Gasteiger partial charge in [-0.2, -0.15) is 0 Å². The highest BCUT2D eigenvalue weighted by molar-refractivity contribution is 5.87. The quantitative estimate of drug-likeness (QED) is 0.719. The number of carbonyl (C=O) groups excluding carboxylic acids is 2. The van der Waals surface area contributed by atoms with Crippen LogP contribution in [0.5, 0.6) is 0 Å². The average Bonchev–Trinajstić information content (AvgIpc) is 3.11. The number of carboxylic acid groups (broad SMARTS) is 1. The van der Waals surface area contributed by atoms with Crippen LogP contribution in [0.15, 0.2) is 48.5 Å². The zero-order valence-corrected chi connectivity index (χ0v) is 17.8. The van der Waals surface area contributed by atoms with Gasteiger partial charge in [-0.3, -0.25) is 4.79 Å². The van der Waals surface area contributed by atoms with Gasteiger partial charge in [0.05, 0.1) is 13.0 Å². The summed E-state index contributed by atoms with van der Waals surface area (Å²) in [4.78, 5) is 38.1. The molecule has 2 aliphatic rings. The molecule has 0 radical (unpaired) electrons. The molecule has 8 nitrogen and oxygen atoms in total. The van der Waals surface area contributed by atoms with Crippen molar-refractivity contribution < 1.29 is 29.0 Å². The number of alkyl carbamates (subject to hydrolysis) is 1.